The molecule has 0 aliphatic rings. The molecule has 23 heavy (non-hydrogen) atoms. The molecule has 1 aromatic heterocycles. The fourth-order valence-electron chi connectivity index (χ4n) is 2.87. The Labute approximate surface area is 137 Å². The molecule has 3 rings (SSSR count). The van der Waals surface area contributed by atoms with E-state index in [1.165, 1.54) is 11.1 Å². The van der Waals surface area contributed by atoms with Crippen LogP contribution in [0.25, 0.3) is 22.4 Å². The van der Waals surface area contributed by atoms with Crippen molar-refractivity contribution in [1.29, 1.82) is 5.26 Å². The molecule has 0 spiro atoms. The zero-order valence-electron chi connectivity index (χ0n) is 13.6. The van der Waals surface area contributed by atoms with Crippen molar-refractivity contribution in [1.82, 2.24) is 4.98 Å². The molecule has 0 radical (unpaired) electrons. The first-order chi connectivity index (χ1) is 11.1. The van der Waals surface area contributed by atoms with Crippen molar-refractivity contribution in [3.63, 3.8) is 0 Å². The van der Waals surface area contributed by atoms with Gasteiger partial charge < -0.3 is 0 Å². The first-order valence-electron chi connectivity index (χ1n) is 7.64. The van der Waals surface area contributed by atoms with E-state index >= 15 is 0 Å². The second-order valence-corrected chi connectivity index (χ2v) is 5.84. The van der Waals surface area contributed by atoms with Gasteiger partial charge in [-0.05, 0) is 66.8 Å². The van der Waals surface area contributed by atoms with E-state index in [1.807, 2.05) is 38.2 Å². The number of aromatic nitrogens is 1. The predicted molar refractivity (Wildman–Crippen MR) is 94.0 cm³/mol. The lowest BCUT2D eigenvalue weighted by atomic mass is 9.91. The molecule has 0 aliphatic heterocycles. The highest BCUT2D eigenvalue weighted by molar-refractivity contribution is 5.78. The Bertz CT molecular complexity index is 900. The van der Waals surface area contributed by atoms with Gasteiger partial charge in [0.25, 0.3) is 0 Å². The van der Waals surface area contributed by atoms with Gasteiger partial charge >= 0.3 is 0 Å². The van der Waals surface area contributed by atoms with Crippen LogP contribution in [-0.2, 0) is 0 Å². The number of pyridine rings is 1. The maximum atomic E-state index is 9.03. The van der Waals surface area contributed by atoms with Gasteiger partial charge in [0.2, 0.25) is 0 Å². The Kier molecular flexibility index (Phi) is 3.95. The molecular weight excluding hydrogens is 280 g/mol. The minimum Gasteiger partial charge on any atom is -0.256 e. The average Bonchev–Trinajstić information content (AvgIpc) is 2.56. The number of aryl methyl sites for hydroxylation is 2. The normalized spacial score (nSPS) is 10.3. The second-order valence-electron chi connectivity index (χ2n) is 5.84. The van der Waals surface area contributed by atoms with Gasteiger partial charge in [0.15, 0.2) is 0 Å². The SMILES string of the molecule is Cc1ccc(-c2cccc(-c3ccc(C#N)cc3C)c2C)nc1. The number of hydrogen-bond donors (Lipinski definition) is 0. The second kappa shape index (κ2) is 6.06. The number of nitrogens with zero attached hydrogens (tertiary/aromatic N) is 2. The first kappa shape index (κ1) is 15.0. The molecule has 0 saturated carbocycles. The fourth-order valence-corrected chi connectivity index (χ4v) is 2.87. The third-order valence-corrected chi connectivity index (χ3v) is 4.17. The summed E-state index contributed by atoms with van der Waals surface area (Å²) >= 11 is 0. The highest BCUT2D eigenvalue weighted by Crippen LogP contribution is 2.32. The van der Waals surface area contributed by atoms with Crippen LogP contribution in [0.15, 0.2) is 54.7 Å². The average molecular weight is 298 g/mol. The van der Waals surface area contributed by atoms with Crippen LogP contribution in [-0.4, -0.2) is 4.98 Å². The van der Waals surface area contributed by atoms with E-state index in [1.54, 1.807) is 0 Å². The van der Waals surface area contributed by atoms with Gasteiger partial charge in [-0.25, -0.2) is 0 Å². The van der Waals surface area contributed by atoms with Crippen molar-refractivity contribution in [2.75, 3.05) is 0 Å². The van der Waals surface area contributed by atoms with Crippen molar-refractivity contribution in [2.45, 2.75) is 20.8 Å². The molecule has 0 unspecified atom stereocenters. The van der Waals surface area contributed by atoms with Gasteiger partial charge in [-0.15, -0.1) is 0 Å². The van der Waals surface area contributed by atoms with E-state index < -0.39 is 0 Å². The Morgan fingerprint density at radius 1 is 0.870 bits per heavy atom. The Hall–Kier alpha value is -2.92. The van der Waals surface area contributed by atoms with Crippen LogP contribution in [0.4, 0.5) is 0 Å². The quantitative estimate of drug-likeness (QED) is 0.651. The van der Waals surface area contributed by atoms with Gasteiger partial charge in [-0.2, -0.15) is 5.26 Å². The van der Waals surface area contributed by atoms with E-state index in [2.05, 4.69) is 48.3 Å². The summed E-state index contributed by atoms with van der Waals surface area (Å²) in [6.45, 7) is 6.22. The van der Waals surface area contributed by atoms with Crippen molar-refractivity contribution in [3.8, 4) is 28.5 Å². The highest BCUT2D eigenvalue weighted by Gasteiger charge is 2.11. The van der Waals surface area contributed by atoms with Crippen LogP contribution in [0.5, 0.6) is 0 Å². The Balaban J connectivity index is 2.14. The topological polar surface area (TPSA) is 36.7 Å². The van der Waals surface area contributed by atoms with Gasteiger partial charge in [-0.3, -0.25) is 4.98 Å². The molecule has 0 amide bonds. The number of rotatable bonds is 2. The van der Waals surface area contributed by atoms with Crippen LogP contribution >= 0.6 is 0 Å². The molecular formula is C21H18N2. The van der Waals surface area contributed by atoms with Gasteiger partial charge in [0.05, 0.1) is 17.3 Å². The molecule has 1 heterocycles. The van der Waals surface area contributed by atoms with Crippen molar-refractivity contribution < 1.29 is 0 Å². The van der Waals surface area contributed by atoms with Gasteiger partial charge in [0, 0.05) is 11.8 Å². The molecule has 0 saturated heterocycles. The van der Waals surface area contributed by atoms with Crippen LogP contribution in [0, 0.1) is 32.1 Å². The molecule has 2 aromatic carbocycles. The summed E-state index contributed by atoms with van der Waals surface area (Å²) in [5.74, 6) is 0. The van der Waals surface area contributed by atoms with Crippen molar-refractivity contribution in [3.05, 3.63) is 77.0 Å². The summed E-state index contributed by atoms with van der Waals surface area (Å²) in [6.07, 6.45) is 1.90. The Morgan fingerprint density at radius 3 is 2.30 bits per heavy atom. The molecule has 2 nitrogen and oxygen atoms in total. The van der Waals surface area contributed by atoms with E-state index in [0.717, 1.165) is 27.9 Å². The van der Waals surface area contributed by atoms with Crippen molar-refractivity contribution in [2.24, 2.45) is 0 Å². The third-order valence-electron chi connectivity index (χ3n) is 4.17. The molecule has 2 heteroatoms. The largest absolute Gasteiger partial charge is 0.256 e. The summed E-state index contributed by atoms with van der Waals surface area (Å²) in [5.41, 5.74) is 8.65. The summed E-state index contributed by atoms with van der Waals surface area (Å²) in [7, 11) is 0. The summed E-state index contributed by atoms with van der Waals surface area (Å²) in [4.78, 5) is 4.55. The van der Waals surface area contributed by atoms with Crippen LogP contribution < -0.4 is 0 Å². The number of benzene rings is 2. The lowest BCUT2D eigenvalue weighted by Crippen LogP contribution is -1.93. The number of hydrogen-bond acceptors (Lipinski definition) is 2. The lowest BCUT2D eigenvalue weighted by molar-refractivity contribution is 1.26. The maximum Gasteiger partial charge on any atom is 0.0991 e. The summed E-state index contributed by atoms with van der Waals surface area (Å²) in [6, 6.07) is 18.5. The first-order valence-corrected chi connectivity index (χ1v) is 7.64. The smallest absolute Gasteiger partial charge is 0.0991 e. The lowest BCUT2D eigenvalue weighted by Gasteiger charge is -2.13. The predicted octanol–water partition coefficient (Wildman–Crippen LogP) is 5.21. The molecule has 0 fully saturated rings. The summed E-state index contributed by atoms with van der Waals surface area (Å²) in [5, 5.41) is 9.03. The van der Waals surface area contributed by atoms with Crippen molar-refractivity contribution >= 4 is 0 Å². The monoisotopic (exact) mass is 298 g/mol. The standard InChI is InChI=1S/C21H18N2/c1-14-7-10-21(23-13-14)20-6-4-5-19(16(20)3)18-9-8-17(12-22)11-15(18)2/h4-11,13H,1-3H3. The van der Waals surface area contributed by atoms with E-state index in [4.69, 9.17) is 5.26 Å². The highest BCUT2D eigenvalue weighted by atomic mass is 14.7. The minimum absolute atomic E-state index is 0.695. The Morgan fingerprint density at radius 2 is 1.65 bits per heavy atom. The van der Waals surface area contributed by atoms with Gasteiger partial charge in [-0.1, -0.05) is 30.3 Å². The molecule has 0 aliphatic carbocycles. The number of nitriles is 1. The molecule has 0 bridgehead atoms. The molecule has 3 aromatic rings. The summed E-state index contributed by atoms with van der Waals surface area (Å²) < 4.78 is 0. The van der Waals surface area contributed by atoms with E-state index in [9.17, 15) is 0 Å². The molecule has 0 N–H and O–H groups in total. The third kappa shape index (κ3) is 2.86. The maximum absolute atomic E-state index is 9.03. The van der Waals surface area contributed by atoms with Gasteiger partial charge in [0.1, 0.15) is 0 Å². The zero-order valence-corrected chi connectivity index (χ0v) is 13.6. The van der Waals surface area contributed by atoms with E-state index in [0.29, 0.717) is 5.56 Å². The minimum atomic E-state index is 0.695. The zero-order chi connectivity index (χ0) is 16.4. The van der Waals surface area contributed by atoms with Crippen LogP contribution in [0.3, 0.4) is 0 Å². The van der Waals surface area contributed by atoms with Crippen LogP contribution in [0.2, 0.25) is 0 Å². The van der Waals surface area contributed by atoms with Crippen LogP contribution in [0.1, 0.15) is 22.3 Å². The van der Waals surface area contributed by atoms with E-state index in [-0.39, 0.29) is 0 Å². The molecule has 112 valence electrons. The molecule has 0 atom stereocenters. The fraction of sp³-hybridized carbons (Fsp3) is 0.143.